The standard InChI is InChI=1S/C48H32O5/c1-6-16-33(17-7-1)49-38-26-27-39-40(28-38)42-30-46(51-35-20-10-3-11-21-35)48(53-37-24-14-5-15-25-37)32-44(42)43-31-47(52-36-22-12-4-13-23-36)45(29-41(39)43)50-34-18-8-2-9-19-34/h1-32H. The number of fused-ring (bicyclic) bond motifs is 6. The van der Waals surface area contributed by atoms with Crippen molar-refractivity contribution in [3.8, 4) is 57.5 Å². The van der Waals surface area contributed by atoms with Crippen LogP contribution >= 0.6 is 0 Å². The summed E-state index contributed by atoms with van der Waals surface area (Å²) < 4.78 is 32.6. The van der Waals surface area contributed by atoms with Crippen LogP contribution in [0.1, 0.15) is 0 Å². The molecule has 0 aliphatic heterocycles. The van der Waals surface area contributed by atoms with E-state index in [4.69, 9.17) is 23.7 Å². The molecule has 0 atom stereocenters. The number of hydrogen-bond acceptors (Lipinski definition) is 5. The fourth-order valence-electron chi connectivity index (χ4n) is 6.46. The molecule has 9 aromatic carbocycles. The van der Waals surface area contributed by atoms with Crippen molar-refractivity contribution in [3.05, 3.63) is 194 Å². The van der Waals surface area contributed by atoms with Crippen molar-refractivity contribution in [2.75, 3.05) is 0 Å². The predicted octanol–water partition coefficient (Wildman–Crippen LogP) is 14.1. The van der Waals surface area contributed by atoms with Gasteiger partial charge in [0, 0.05) is 0 Å². The molecule has 0 N–H and O–H groups in total. The molecule has 9 aromatic rings. The van der Waals surface area contributed by atoms with E-state index in [-0.39, 0.29) is 0 Å². The van der Waals surface area contributed by atoms with Crippen LogP contribution in [0.4, 0.5) is 0 Å². The van der Waals surface area contributed by atoms with E-state index in [0.29, 0.717) is 51.7 Å². The van der Waals surface area contributed by atoms with Gasteiger partial charge in [0.1, 0.15) is 34.5 Å². The first kappa shape index (κ1) is 31.7. The lowest BCUT2D eigenvalue weighted by Gasteiger charge is -2.19. The van der Waals surface area contributed by atoms with Crippen molar-refractivity contribution >= 4 is 32.3 Å². The van der Waals surface area contributed by atoms with Gasteiger partial charge in [0.15, 0.2) is 23.0 Å². The Kier molecular flexibility index (Phi) is 8.48. The SMILES string of the molecule is c1ccc(Oc2ccc3c(c2)c2cc(Oc4ccccc4)c(Oc4ccccc4)cc2c2cc(Oc4ccccc4)c(Oc4ccccc4)cc32)cc1. The van der Waals surface area contributed by atoms with Crippen LogP contribution in [0.5, 0.6) is 57.5 Å². The van der Waals surface area contributed by atoms with Gasteiger partial charge in [0.05, 0.1) is 0 Å². The molecule has 0 heterocycles. The summed E-state index contributed by atoms with van der Waals surface area (Å²) in [6.45, 7) is 0. The lowest BCUT2D eigenvalue weighted by molar-refractivity contribution is 0.419. The third-order valence-corrected chi connectivity index (χ3v) is 8.89. The molecule has 0 aliphatic carbocycles. The van der Waals surface area contributed by atoms with E-state index in [1.54, 1.807) is 0 Å². The third kappa shape index (κ3) is 6.79. The highest BCUT2D eigenvalue weighted by molar-refractivity contribution is 6.26. The normalized spacial score (nSPS) is 11.0. The molecule has 9 rings (SSSR count). The first-order valence-electron chi connectivity index (χ1n) is 17.4. The summed E-state index contributed by atoms with van der Waals surface area (Å²) in [4.78, 5) is 0. The molecule has 0 saturated carbocycles. The Morgan fingerprint density at radius 2 is 0.453 bits per heavy atom. The molecular weight excluding hydrogens is 657 g/mol. The highest BCUT2D eigenvalue weighted by atomic mass is 16.5. The zero-order chi connectivity index (χ0) is 35.4. The Morgan fingerprint density at radius 3 is 0.774 bits per heavy atom. The van der Waals surface area contributed by atoms with Gasteiger partial charge in [-0.2, -0.15) is 0 Å². The average Bonchev–Trinajstić information content (AvgIpc) is 3.21. The number of ether oxygens (including phenoxy) is 5. The zero-order valence-corrected chi connectivity index (χ0v) is 28.5. The summed E-state index contributed by atoms with van der Waals surface area (Å²) in [5.41, 5.74) is 0. The number of hydrogen-bond donors (Lipinski definition) is 0. The minimum absolute atomic E-state index is 0.569. The second-order valence-electron chi connectivity index (χ2n) is 12.5. The second kappa shape index (κ2) is 14.2. The maximum absolute atomic E-state index is 6.58. The Balaban J connectivity index is 1.32. The van der Waals surface area contributed by atoms with E-state index in [2.05, 4.69) is 36.4 Å². The van der Waals surface area contributed by atoms with Gasteiger partial charge < -0.3 is 23.7 Å². The summed E-state index contributed by atoms with van der Waals surface area (Å²) in [6.07, 6.45) is 0. The van der Waals surface area contributed by atoms with Crippen molar-refractivity contribution in [1.29, 1.82) is 0 Å². The van der Waals surface area contributed by atoms with E-state index in [9.17, 15) is 0 Å². The summed E-state index contributed by atoms with van der Waals surface area (Å²) >= 11 is 0. The molecule has 0 amide bonds. The lowest BCUT2D eigenvalue weighted by Crippen LogP contribution is -1.95. The van der Waals surface area contributed by atoms with Crippen molar-refractivity contribution in [2.45, 2.75) is 0 Å². The van der Waals surface area contributed by atoms with Gasteiger partial charge in [-0.25, -0.2) is 0 Å². The van der Waals surface area contributed by atoms with E-state index in [0.717, 1.165) is 38.1 Å². The van der Waals surface area contributed by atoms with Crippen LogP contribution in [0.15, 0.2) is 194 Å². The predicted molar refractivity (Wildman–Crippen MR) is 212 cm³/mol. The maximum atomic E-state index is 6.58. The molecule has 0 aromatic heterocycles. The minimum Gasteiger partial charge on any atom is -0.457 e. The third-order valence-electron chi connectivity index (χ3n) is 8.89. The van der Waals surface area contributed by atoms with E-state index in [1.165, 1.54) is 0 Å². The molecule has 53 heavy (non-hydrogen) atoms. The summed E-state index contributed by atoms with van der Waals surface area (Å²) in [5.74, 6) is 6.57. The van der Waals surface area contributed by atoms with Crippen LogP contribution in [0.2, 0.25) is 0 Å². The van der Waals surface area contributed by atoms with Crippen molar-refractivity contribution in [1.82, 2.24) is 0 Å². The Bertz CT molecular complexity index is 2590. The summed E-state index contributed by atoms with van der Waals surface area (Å²) in [7, 11) is 0. The average molecular weight is 689 g/mol. The van der Waals surface area contributed by atoms with Gasteiger partial charge in [0.25, 0.3) is 0 Å². The van der Waals surface area contributed by atoms with Crippen LogP contribution in [-0.4, -0.2) is 0 Å². The zero-order valence-electron chi connectivity index (χ0n) is 28.5. The Labute approximate surface area is 306 Å². The Hall–Kier alpha value is -7.24. The minimum atomic E-state index is 0.569. The van der Waals surface area contributed by atoms with Crippen molar-refractivity contribution < 1.29 is 23.7 Å². The van der Waals surface area contributed by atoms with E-state index in [1.807, 2.05) is 158 Å². The topological polar surface area (TPSA) is 46.2 Å². The summed E-state index contributed by atoms with van der Waals surface area (Å²) in [6, 6.07) is 63.1. The van der Waals surface area contributed by atoms with Gasteiger partial charge >= 0.3 is 0 Å². The molecule has 0 spiro atoms. The molecule has 0 radical (unpaired) electrons. The molecule has 0 saturated heterocycles. The molecule has 0 fully saturated rings. The largest absolute Gasteiger partial charge is 0.457 e. The lowest BCUT2D eigenvalue weighted by atomic mass is 9.93. The Morgan fingerprint density at radius 1 is 0.189 bits per heavy atom. The molecule has 0 unspecified atom stereocenters. The molecular formula is C48H32O5. The second-order valence-corrected chi connectivity index (χ2v) is 12.5. The van der Waals surface area contributed by atoms with Crippen LogP contribution in [0.25, 0.3) is 32.3 Å². The fourth-order valence-corrected chi connectivity index (χ4v) is 6.46. The van der Waals surface area contributed by atoms with Crippen LogP contribution < -0.4 is 23.7 Å². The van der Waals surface area contributed by atoms with Crippen molar-refractivity contribution in [2.24, 2.45) is 0 Å². The van der Waals surface area contributed by atoms with Crippen LogP contribution in [0, 0.1) is 0 Å². The first-order valence-corrected chi connectivity index (χ1v) is 17.4. The maximum Gasteiger partial charge on any atom is 0.170 e. The number of benzene rings is 9. The van der Waals surface area contributed by atoms with E-state index >= 15 is 0 Å². The highest BCUT2D eigenvalue weighted by Crippen LogP contribution is 2.48. The summed E-state index contributed by atoms with van der Waals surface area (Å²) in [5, 5.41) is 5.83. The van der Waals surface area contributed by atoms with Crippen molar-refractivity contribution in [3.63, 3.8) is 0 Å². The van der Waals surface area contributed by atoms with Gasteiger partial charge in [-0.05, 0) is 129 Å². The molecule has 0 bridgehead atoms. The van der Waals surface area contributed by atoms with Gasteiger partial charge in [-0.1, -0.05) is 97.1 Å². The highest BCUT2D eigenvalue weighted by Gasteiger charge is 2.20. The monoisotopic (exact) mass is 688 g/mol. The smallest absolute Gasteiger partial charge is 0.170 e. The number of rotatable bonds is 10. The van der Waals surface area contributed by atoms with E-state index < -0.39 is 0 Å². The molecule has 5 heteroatoms. The first-order chi connectivity index (χ1) is 26.2. The molecule has 5 nitrogen and oxygen atoms in total. The van der Waals surface area contributed by atoms with Crippen LogP contribution in [-0.2, 0) is 0 Å². The van der Waals surface area contributed by atoms with Gasteiger partial charge in [-0.3, -0.25) is 0 Å². The quantitative estimate of drug-likeness (QED) is 0.134. The van der Waals surface area contributed by atoms with Gasteiger partial charge in [-0.15, -0.1) is 0 Å². The fraction of sp³-hybridized carbons (Fsp3) is 0. The van der Waals surface area contributed by atoms with Gasteiger partial charge in [0.2, 0.25) is 0 Å². The number of para-hydroxylation sites is 5. The molecule has 254 valence electrons. The van der Waals surface area contributed by atoms with Crippen LogP contribution in [0.3, 0.4) is 0 Å². The molecule has 0 aliphatic rings.